The molecule has 0 unspecified atom stereocenters. The van der Waals surface area contributed by atoms with E-state index < -0.39 is 0 Å². The summed E-state index contributed by atoms with van der Waals surface area (Å²) in [7, 11) is 3.57. The first-order chi connectivity index (χ1) is 9.26. The first kappa shape index (κ1) is 12.9. The van der Waals surface area contributed by atoms with Gasteiger partial charge in [-0.1, -0.05) is 18.2 Å². The highest BCUT2D eigenvalue weighted by molar-refractivity contribution is 5.53. The Kier molecular flexibility index (Phi) is 3.99. The number of methoxy groups -OCH3 is 1. The average molecular weight is 253 g/mol. The fourth-order valence-electron chi connectivity index (χ4n) is 1.95. The zero-order valence-electron chi connectivity index (χ0n) is 11.0. The van der Waals surface area contributed by atoms with Crippen molar-refractivity contribution in [1.82, 2.24) is 4.98 Å². The summed E-state index contributed by atoms with van der Waals surface area (Å²) in [6, 6.07) is 13.5. The minimum atomic E-state index is 0.569. The molecule has 0 N–H and O–H groups in total. The van der Waals surface area contributed by atoms with E-state index in [4.69, 9.17) is 10.00 Å². The Balaban J connectivity index is 2.26. The molecule has 2 rings (SSSR count). The number of nitrogens with zero attached hydrogens (tertiary/aromatic N) is 3. The molecule has 2 aromatic rings. The number of nitriles is 1. The summed E-state index contributed by atoms with van der Waals surface area (Å²) in [5.41, 5.74) is 1.63. The molecule has 0 amide bonds. The molecule has 1 aromatic carbocycles. The fraction of sp³-hybridized carbons (Fsp3) is 0.200. The van der Waals surface area contributed by atoms with Crippen LogP contribution in [0.25, 0.3) is 0 Å². The highest BCUT2D eigenvalue weighted by Gasteiger charge is 2.10. The highest BCUT2D eigenvalue weighted by Crippen LogP contribution is 2.22. The van der Waals surface area contributed by atoms with E-state index in [1.807, 2.05) is 36.2 Å². The van der Waals surface area contributed by atoms with Crippen molar-refractivity contribution < 1.29 is 4.74 Å². The van der Waals surface area contributed by atoms with E-state index >= 15 is 0 Å². The Morgan fingerprint density at radius 2 is 2.05 bits per heavy atom. The molecule has 0 aliphatic heterocycles. The Morgan fingerprint density at radius 1 is 1.26 bits per heavy atom. The highest BCUT2D eigenvalue weighted by atomic mass is 16.5. The zero-order chi connectivity index (χ0) is 13.7. The molecule has 0 aliphatic rings. The Morgan fingerprint density at radius 3 is 2.79 bits per heavy atom. The molecule has 1 aromatic heterocycles. The lowest BCUT2D eigenvalue weighted by atomic mass is 10.2. The summed E-state index contributed by atoms with van der Waals surface area (Å²) >= 11 is 0. The third kappa shape index (κ3) is 2.83. The number of benzene rings is 1. The van der Waals surface area contributed by atoms with E-state index in [-0.39, 0.29) is 0 Å². The molecule has 1 heterocycles. The van der Waals surface area contributed by atoms with Crippen molar-refractivity contribution >= 4 is 5.82 Å². The van der Waals surface area contributed by atoms with Gasteiger partial charge in [-0.25, -0.2) is 4.98 Å². The van der Waals surface area contributed by atoms with Crippen LogP contribution < -0.4 is 9.64 Å². The zero-order valence-corrected chi connectivity index (χ0v) is 11.0. The maximum Gasteiger partial charge on any atom is 0.146 e. The number of hydrogen-bond acceptors (Lipinski definition) is 4. The van der Waals surface area contributed by atoms with Crippen LogP contribution in [0.2, 0.25) is 0 Å². The summed E-state index contributed by atoms with van der Waals surface area (Å²) < 4.78 is 5.33. The number of hydrogen-bond donors (Lipinski definition) is 0. The summed E-state index contributed by atoms with van der Waals surface area (Å²) in [5, 5.41) is 9.09. The smallest absolute Gasteiger partial charge is 0.146 e. The minimum Gasteiger partial charge on any atom is -0.496 e. The molecule has 19 heavy (non-hydrogen) atoms. The predicted molar refractivity (Wildman–Crippen MR) is 74.1 cm³/mol. The fourth-order valence-corrected chi connectivity index (χ4v) is 1.95. The van der Waals surface area contributed by atoms with Crippen LogP contribution >= 0.6 is 0 Å². The largest absolute Gasteiger partial charge is 0.496 e. The third-order valence-electron chi connectivity index (χ3n) is 2.87. The third-order valence-corrected chi connectivity index (χ3v) is 2.87. The lowest BCUT2D eigenvalue weighted by Crippen LogP contribution is -2.19. The summed E-state index contributed by atoms with van der Waals surface area (Å²) in [6.45, 7) is 0.635. The molecule has 96 valence electrons. The van der Waals surface area contributed by atoms with Gasteiger partial charge in [-0.15, -0.1) is 0 Å². The van der Waals surface area contributed by atoms with Crippen molar-refractivity contribution in [2.75, 3.05) is 19.1 Å². The average Bonchev–Trinajstić information content (AvgIpc) is 2.47. The number of para-hydroxylation sites is 1. The van der Waals surface area contributed by atoms with Crippen LogP contribution in [-0.2, 0) is 6.54 Å². The minimum absolute atomic E-state index is 0.569. The van der Waals surface area contributed by atoms with Crippen LogP contribution in [0.5, 0.6) is 5.75 Å². The van der Waals surface area contributed by atoms with Gasteiger partial charge in [0.15, 0.2) is 0 Å². The normalized spacial score (nSPS) is 9.74. The van der Waals surface area contributed by atoms with Gasteiger partial charge in [0.1, 0.15) is 17.6 Å². The van der Waals surface area contributed by atoms with E-state index in [0.29, 0.717) is 17.9 Å². The molecule has 4 nitrogen and oxygen atoms in total. The van der Waals surface area contributed by atoms with Gasteiger partial charge in [-0.05, 0) is 18.2 Å². The van der Waals surface area contributed by atoms with Crippen LogP contribution in [0, 0.1) is 11.3 Å². The van der Waals surface area contributed by atoms with E-state index in [1.165, 1.54) is 0 Å². The second-order valence-electron chi connectivity index (χ2n) is 4.15. The molecule has 0 saturated heterocycles. The van der Waals surface area contributed by atoms with E-state index in [9.17, 15) is 0 Å². The number of pyridine rings is 1. The van der Waals surface area contributed by atoms with Crippen LogP contribution in [0.4, 0.5) is 5.82 Å². The standard InChI is InChI=1S/C15H15N3O/c1-18(15-12(10-16)7-5-9-17-15)11-13-6-3-4-8-14(13)19-2/h3-9H,11H2,1-2H3. The van der Waals surface area contributed by atoms with Crippen molar-refractivity contribution in [3.8, 4) is 11.8 Å². The molecule has 0 saturated carbocycles. The first-order valence-electron chi connectivity index (χ1n) is 5.94. The summed E-state index contributed by atoms with van der Waals surface area (Å²) in [6.07, 6.45) is 1.69. The van der Waals surface area contributed by atoms with Crippen LogP contribution in [0.1, 0.15) is 11.1 Å². The molecular weight excluding hydrogens is 238 g/mol. The molecule has 0 radical (unpaired) electrons. The number of ether oxygens (including phenoxy) is 1. The van der Waals surface area contributed by atoms with E-state index in [0.717, 1.165) is 11.3 Å². The van der Waals surface area contributed by atoms with Gasteiger partial charge in [-0.2, -0.15) is 5.26 Å². The van der Waals surface area contributed by atoms with E-state index in [1.54, 1.807) is 25.4 Å². The number of rotatable bonds is 4. The first-order valence-corrected chi connectivity index (χ1v) is 5.94. The number of aromatic nitrogens is 1. The molecule has 4 heteroatoms. The van der Waals surface area contributed by atoms with Gasteiger partial charge >= 0.3 is 0 Å². The van der Waals surface area contributed by atoms with Crippen LogP contribution in [0.15, 0.2) is 42.6 Å². The lowest BCUT2D eigenvalue weighted by Gasteiger charge is -2.20. The maximum absolute atomic E-state index is 9.09. The van der Waals surface area contributed by atoms with Gasteiger partial charge < -0.3 is 9.64 Å². The Labute approximate surface area is 112 Å². The van der Waals surface area contributed by atoms with Gasteiger partial charge in [0.25, 0.3) is 0 Å². The van der Waals surface area contributed by atoms with Crippen LogP contribution in [-0.4, -0.2) is 19.1 Å². The lowest BCUT2D eigenvalue weighted by molar-refractivity contribution is 0.409. The van der Waals surface area contributed by atoms with Crippen molar-refractivity contribution in [2.45, 2.75) is 6.54 Å². The monoisotopic (exact) mass is 253 g/mol. The summed E-state index contributed by atoms with van der Waals surface area (Å²) in [5.74, 6) is 1.51. The van der Waals surface area contributed by atoms with Gasteiger partial charge in [-0.3, -0.25) is 0 Å². The maximum atomic E-state index is 9.09. The molecular formula is C15H15N3O. The second kappa shape index (κ2) is 5.87. The van der Waals surface area contributed by atoms with Gasteiger partial charge in [0.2, 0.25) is 0 Å². The molecule has 0 spiro atoms. The molecule has 0 atom stereocenters. The van der Waals surface area contributed by atoms with Crippen molar-refractivity contribution in [3.05, 3.63) is 53.7 Å². The summed E-state index contributed by atoms with van der Waals surface area (Å²) in [4.78, 5) is 6.20. The molecule has 0 bridgehead atoms. The Bertz CT molecular complexity index is 604. The second-order valence-corrected chi connectivity index (χ2v) is 4.15. The van der Waals surface area contributed by atoms with Gasteiger partial charge in [0.05, 0.1) is 12.7 Å². The predicted octanol–water partition coefficient (Wildman–Crippen LogP) is 2.60. The molecule has 0 fully saturated rings. The van der Waals surface area contributed by atoms with Crippen molar-refractivity contribution in [3.63, 3.8) is 0 Å². The van der Waals surface area contributed by atoms with Crippen molar-refractivity contribution in [2.24, 2.45) is 0 Å². The van der Waals surface area contributed by atoms with Gasteiger partial charge in [0, 0.05) is 25.4 Å². The number of anilines is 1. The quantitative estimate of drug-likeness (QED) is 0.840. The molecule has 0 aliphatic carbocycles. The van der Waals surface area contributed by atoms with E-state index in [2.05, 4.69) is 11.1 Å². The van der Waals surface area contributed by atoms with Crippen molar-refractivity contribution in [1.29, 1.82) is 5.26 Å². The Hall–Kier alpha value is -2.54. The SMILES string of the molecule is COc1ccccc1CN(C)c1ncccc1C#N. The van der Waals surface area contributed by atoms with Crippen LogP contribution in [0.3, 0.4) is 0 Å². The topological polar surface area (TPSA) is 49.1 Å².